The number of amides is 1. The fraction of sp³-hybridized carbons (Fsp3) is 0.167. The normalized spacial score (nSPS) is 11.2. The SMILES string of the molecule is Cc1ccc(NC(=O)COc2cccc(CN=Nc3nc4ccccc4s3)c2)cc1C. The Morgan fingerprint density at radius 1 is 1.03 bits per heavy atom. The molecule has 156 valence electrons. The van der Waals surface area contributed by atoms with Crippen LogP contribution in [0, 0.1) is 13.8 Å². The highest BCUT2D eigenvalue weighted by Gasteiger charge is 2.06. The van der Waals surface area contributed by atoms with Gasteiger partial charge >= 0.3 is 0 Å². The van der Waals surface area contributed by atoms with Crippen LogP contribution >= 0.6 is 11.3 Å². The van der Waals surface area contributed by atoms with E-state index in [0.717, 1.165) is 27.0 Å². The minimum Gasteiger partial charge on any atom is -0.484 e. The number of ether oxygens (including phenoxy) is 1. The van der Waals surface area contributed by atoms with Gasteiger partial charge in [-0.1, -0.05) is 41.7 Å². The first kappa shape index (κ1) is 20.7. The smallest absolute Gasteiger partial charge is 0.262 e. The first-order valence-corrected chi connectivity index (χ1v) is 10.7. The molecule has 4 aromatic rings. The molecule has 1 aromatic heterocycles. The van der Waals surface area contributed by atoms with Crippen molar-refractivity contribution in [1.82, 2.24) is 4.98 Å². The second-order valence-electron chi connectivity index (χ2n) is 7.15. The number of para-hydroxylation sites is 1. The summed E-state index contributed by atoms with van der Waals surface area (Å²) in [7, 11) is 0. The van der Waals surface area contributed by atoms with Gasteiger partial charge in [-0.2, -0.15) is 5.11 Å². The quantitative estimate of drug-likeness (QED) is 0.354. The highest BCUT2D eigenvalue weighted by molar-refractivity contribution is 7.21. The van der Waals surface area contributed by atoms with E-state index in [2.05, 4.69) is 20.5 Å². The van der Waals surface area contributed by atoms with Crippen LogP contribution in [0.15, 0.2) is 77.0 Å². The maximum Gasteiger partial charge on any atom is 0.262 e. The fourth-order valence-corrected chi connectivity index (χ4v) is 3.78. The van der Waals surface area contributed by atoms with E-state index in [-0.39, 0.29) is 12.5 Å². The molecule has 31 heavy (non-hydrogen) atoms. The van der Waals surface area contributed by atoms with E-state index < -0.39 is 0 Å². The Hall–Kier alpha value is -3.58. The largest absolute Gasteiger partial charge is 0.484 e. The maximum absolute atomic E-state index is 12.2. The minimum atomic E-state index is -0.204. The van der Waals surface area contributed by atoms with Gasteiger partial charge in [0.05, 0.1) is 16.8 Å². The van der Waals surface area contributed by atoms with Crippen molar-refractivity contribution in [2.24, 2.45) is 10.2 Å². The number of aromatic nitrogens is 1. The lowest BCUT2D eigenvalue weighted by molar-refractivity contribution is -0.118. The predicted octanol–water partition coefficient (Wildman–Crippen LogP) is 6.21. The number of benzene rings is 3. The molecule has 0 radical (unpaired) electrons. The van der Waals surface area contributed by atoms with Crippen LogP contribution in [0.25, 0.3) is 10.2 Å². The van der Waals surface area contributed by atoms with E-state index in [1.807, 2.05) is 80.6 Å². The van der Waals surface area contributed by atoms with Crippen molar-refractivity contribution in [3.8, 4) is 5.75 Å². The van der Waals surface area contributed by atoms with Crippen molar-refractivity contribution >= 4 is 38.3 Å². The third kappa shape index (κ3) is 5.52. The van der Waals surface area contributed by atoms with Crippen LogP contribution in [0.5, 0.6) is 5.75 Å². The van der Waals surface area contributed by atoms with Gasteiger partial charge in [-0.05, 0) is 66.9 Å². The predicted molar refractivity (Wildman–Crippen MR) is 124 cm³/mol. The van der Waals surface area contributed by atoms with E-state index in [4.69, 9.17) is 4.74 Å². The topological polar surface area (TPSA) is 75.9 Å². The number of rotatable bonds is 7. The summed E-state index contributed by atoms with van der Waals surface area (Å²) in [5.74, 6) is 0.409. The summed E-state index contributed by atoms with van der Waals surface area (Å²) >= 11 is 1.51. The fourth-order valence-electron chi connectivity index (χ4n) is 2.98. The van der Waals surface area contributed by atoms with E-state index in [1.54, 1.807) is 0 Å². The highest BCUT2D eigenvalue weighted by atomic mass is 32.1. The number of thiazole rings is 1. The Labute approximate surface area is 184 Å². The van der Waals surface area contributed by atoms with Gasteiger partial charge in [0.25, 0.3) is 5.91 Å². The van der Waals surface area contributed by atoms with Crippen molar-refractivity contribution in [3.63, 3.8) is 0 Å². The van der Waals surface area contributed by atoms with Crippen LogP contribution in [0.1, 0.15) is 16.7 Å². The van der Waals surface area contributed by atoms with Crippen LogP contribution in [0.4, 0.5) is 10.8 Å². The lowest BCUT2D eigenvalue weighted by Crippen LogP contribution is -2.20. The molecule has 1 amide bonds. The minimum absolute atomic E-state index is 0.0659. The van der Waals surface area contributed by atoms with Crippen molar-refractivity contribution in [1.29, 1.82) is 0 Å². The molecule has 0 aliphatic rings. The van der Waals surface area contributed by atoms with Crippen molar-refractivity contribution in [2.45, 2.75) is 20.4 Å². The molecule has 4 rings (SSSR count). The van der Waals surface area contributed by atoms with Gasteiger partial charge in [-0.3, -0.25) is 4.79 Å². The van der Waals surface area contributed by atoms with Crippen LogP contribution < -0.4 is 10.1 Å². The molecule has 1 heterocycles. The van der Waals surface area contributed by atoms with Crippen molar-refractivity contribution < 1.29 is 9.53 Å². The summed E-state index contributed by atoms with van der Waals surface area (Å²) in [6.07, 6.45) is 0. The molecule has 1 N–H and O–H groups in total. The van der Waals surface area contributed by atoms with Crippen LogP contribution in [-0.2, 0) is 11.3 Å². The number of fused-ring (bicyclic) bond motifs is 1. The van der Waals surface area contributed by atoms with E-state index in [9.17, 15) is 4.79 Å². The van der Waals surface area contributed by atoms with Gasteiger partial charge < -0.3 is 10.1 Å². The Bertz CT molecular complexity index is 1220. The zero-order valence-electron chi connectivity index (χ0n) is 17.3. The molecule has 3 aromatic carbocycles. The third-order valence-electron chi connectivity index (χ3n) is 4.75. The van der Waals surface area contributed by atoms with Gasteiger partial charge in [0.1, 0.15) is 5.75 Å². The number of hydrogen-bond donors (Lipinski definition) is 1. The van der Waals surface area contributed by atoms with E-state index >= 15 is 0 Å². The molecule has 7 heteroatoms. The van der Waals surface area contributed by atoms with Crippen molar-refractivity contribution in [3.05, 3.63) is 83.4 Å². The number of carbonyl (C=O) groups excluding carboxylic acids is 1. The number of azo groups is 1. The van der Waals surface area contributed by atoms with Gasteiger partial charge in [-0.15, -0.1) is 5.11 Å². The Morgan fingerprint density at radius 3 is 2.74 bits per heavy atom. The molecule has 0 unspecified atom stereocenters. The zero-order chi connectivity index (χ0) is 21.6. The van der Waals surface area contributed by atoms with E-state index in [1.165, 1.54) is 16.9 Å². The lowest BCUT2D eigenvalue weighted by atomic mass is 10.1. The summed E-state index contributed by atoms with van der Waals surface area (Å²) in [6.45, 7) is 4.39. The maximum atomic E-state index is 12.2. The summed E-state index contributed by atoms with van der Waals surface area (Å²) < 4.78 is 6.73. The molecular weight excluding hydrogens is 408 g/mol. The summed E-state index contributed by atoms with van der Waals surface area (Å²) in [6, 6.07) is 21.2. The zero-order valence-corrected chi connectivity index (χ0v) is 18.1. The molecular formula is C24H22N4O2S. The lowest BCUT2D eigenvalue weighted by Gasteiger charge is -2.09. The van der Waals surface area contributed by atoms with Crippen molar-refractivity contribution in [2.75, 3.05) is 11.9 Å². The third-order valence-corrected chi connectivity index (χ3v) is 5.67. The molecule has 0 spiro atoms. The number of nitrogens with one attached hydrogen (secondary N) is 1. The number of nitrogens with zero attached hydrogens (tertiary/aromatic N) is 3. The number of aryl methyl sites for hydroxylation is 2. The summed E-state index contributed by atoms with van der Waals surface area (Å²) in [5, 5.41) is 12.0. The van der Waals surface area contributed by atoms with Crippen LogP contribution in [0.2, 0.25) is 0 Å². The molecule has 0 aliphatic carbocycles. The molecule has 0 fully saturated rings. The van der Waals surface area contributed by atoms with Gasteiger partial charge in [0.15, 0.2) is 6.61 Å². The Morgan fingerprint density at radius 2 is 1.90 bits per heavy atom. The second-order valence-corrected chi connectivity index (χ2v) is 8.16. The standard InChI is InChI=1S/C24H22N4O2S/c1-16-10-11-19(12-17(16)2)26-23(29)15-30-20-7-5-6-18(13-20)14-25-28-24-27-21-8-3-4-9-22(21)31-24/h3-13H,14-15H2,1-2H3,(H,26,29). The average molecular weight is 431 g/mol. The Balaban J connectivity index is 1.31. The van der Waals surface area contributed by atoms with E-state index in [0.29, 0.717) is 17.4 Å². The molecule has 6 nitrogen and oxygen atoms in total. The highest BCUT2D eigenvalue weighted by Crippen LogP contribution is 2.28. The van der Waals surface area contributed by atoms with Crippen LogP contribution in [0.3, 0.4) is 0 Å². The summed E-state index contributed by atoms with van der Waals surface area (Å²) in [5.41, 5.74) is 4.95. The van der Waals surface area contributed by atoms with Gasteiger partial charge in [0, 0.05) is 5.69 Å². The second kappa shape index (κ2) is 9.49. The first-order chi connectivity index (χ1) is 15.1. The Kier molecular flexibility index (Phi) is 6.33. The number of hydrogen-bond acceptors (Lipinski definition) is 6. The van der Waals surface area contributed by atoms with Gasteiger partial charge in [-0.25, -0.2) is 4.98 Å². The molecule has 0 atom stereocenters. The molecule has 0 bridgehead atoms. The number of carbonyl (C=O) groups is 1. The summed E-state index contributed by atoms with van der Waals surface area (Å²) in [4.78, 5) is 16.6. The average Bonchev–Trinajstić information content (AvgIpc) is 3.18. The monoisotopic (exact) mass is 430 g/mol. The van der Waals surface area contributed by atoms with Gasteiger partial charge in [0.2, 0.25) is 5.13 Å². The number of anilines is 1. The molecule has 0 saturated carbocycles. The molecule has 0 saturated heterocycles. The first-order valence-electron chi connectivity index (χ1n) is 9.89. The van der Waals surface area contributed by atoms with Crippen LogP contribution in [-0.4, -0.2) is 17.5 Å². The molecule has 0 aliphatic heterocycles.